The van der Waals surface area contributed by atoms with E-state index in [1.54, 1.807) is 17.0 Å². The summed E-state index contributed by atoms with van der Waals surface area (Å²) in [7, 11) is 0. The van der Waals surface area contributed by atoms with Crippen LogP contribution in [0.25, 0.3) is 0 Å². The lowest BCUT2D eigenvalue weighted by Gasteiger charge is -2.35. The van der Waals surface area contributed by atoms with Gasteiger partial charge in [0, 0.05) is 31.9 Å². The summed E-state index contributed by atoms with van der Waals surface area (Å²) in [5, 5.41) is 0. The summed E-state index contributed by atoms with van der Waals surface area (Å²) >= 11 is 0. The highest BCUT2D eigenvalue weighted by atomic mass is 19.1. The molecule has 0 radical (unpaired) electrons. The van der Waals surface area contributed by atoms with E-state index < -0.39 is 0 Å². The number of piperazine rings is 1. The number of hydrogen-bond donors (Lipinski definition) is 0. The van der Waals surface area contributed by atoms with E-state index >= 15 is 0 Å². The van der Waals surface area contributed by atoms with Crippen molar-refractivity contribution in [1.29, 1.82) is 0 Å². The molecule has 17 heavy (non-hydrogen) atoms. The summed E-state index contributed by atoms with van der Waals surface area (Å²) in [5.74, 6) is -0.252. The molecule has 2 rings (SSSR count). The van der Waals surface area contributed by atoms with E-state index in [1.165, 1.54) is 18.2 Å². The third-order valence-electron chi connectivity index (χ3n) is 2.96. The maximum atomic E-state index is 12.8. The summed E-state index contributed by atoms with van der Waals surface area (Å²) < 4.78 is 12.8. The number of benzene rings is 1. The molecule has 0 atom stereocenters. The lowest BCUT2D eigenvalue weighted by Crippen LogP contribution is -2.48. The Hall–Kier alpha value is -1.84. The van der Waals surface area contributed by atoms with Crippen LogP contribution >= 0.6 is 0 Å². The first-order valence-corrected chi connectivity index (χ1v) is 5.62. The molecular weight excluding hydrogens is 219 g/mol. The summed E-state index contributed by atoms with van der Waals surface area (Å²) in [4.78, 5) is 15.3. The van der Waals surface area contributed by atoms with E-state index in [0.29, 0.717) is 13.1 Å². The van der Waals surface area contributed by atoms with Crippen LogP contribution in [0.1, 0.15) is 0 Å². The number of halogens is 1. The smallest absolute Gasteiger partial charge is 0.246 e. The van der Waals surface area contributed by atoms with E-state index in [0.717, 1.165) is 18.8 Å². The predicted molar refractivity (Wildman–Crippen MR) is 65.4 cm³/mol. The van der Waals surface area contributed by atoms with Crippen molar-refractivity contribution in [3.8, 4) is 0 Å². The fraction of sp³-hybridized carbons (Fsp3) is 0.308. The highest BCUT2D eigenvalue weighted by Crippen LogP contribution is 2.16. The normalized spacial score (nSPS) is 15.8. The van der Waals surface area contributed by atoms with Gasteiger partial charge in [-0.3, -0.25) is 4.79 Å². The van der Waals surface area contributed by atoms with Crippen molar-refractivity contribution in [2.45, 2.75) is 0 Å². The fourth-order valence-corrected chi connectivity index (χ4v) is 1.97. The minimum atomic E-state index is -0.228. The van der Waals surface area contributed by atoms with Gasteiger partial charge in [-0.15, -0.1) is 0 Å². The Balaban J connectivity index is 1.97. The molecule has 0 spiro atoms. The van der Waals surface area contributed by atoms with Crippen LogP contribution in [0.4, 0.5) is 10.1 Å². The molecule has 1 aliphatic rings. The number of amides is 1. The zero-order chi connectivity index (χ0) is 12.3. The largest absolute Gasteiger partial charge is 0.368 e. The standard InChI is InChI=1S/C13H15FN2O/c1-2-13(17)16-9-7-15(8-10-16)12-5-3-11(14)4-6-12/h2-6H,1,7-10H2. The van der Waals surface area contributed by atoms with Crippen molar-refractivity contribution >= 4 is 11.6 Å². The van der Waals surface area contributed by atoms with Gasteiger partial charge in [-0.2, -0.15) is 0 Å². The predicted octanol–water partition coefficient (Wildman–Crippen LogP) is 1.66. The van der Waals surface area contributed by atoms with Crippen LogP contribution in [0.3, 0.4) is 0 Å². The van der Waals surface area contributed by atoms with E-state index in [4.69, 9.17) is 0 Å². The first-order valence-electron chi connectivity index (χ1n) is 5.62. The van der Waals surface area contributed by atoms with Crippen LogP contribution in [-0.4, -0.2) is 37.0 Å². The van der Waals surface area contributed by atoms with Crippen LogP contribution in [0.15, 0.2) is 36.9 Å². The number of carbonyl (C=O) groups is 1. The van der Waals surface area contributed by atoms with Crippen LogP contribution in [0, 0.1) is 5.82 Å². The van der Waals surface area contributed by atoms with Gasteiger partial charge in [-0.1, -0.05) is 6.58 Å². The average molecular weight is 234 g/mol. The van der Waals surface area contributed by atoms with E-state index in [9.17, 15) is 9.18 Å². The summed E-state index contributed by atoms with van der Waals surface area (Å²) in [6.45, 7) is 6.38. The molecule has 0 N–H and O–H groups in total. The molecule has 3 nitrogen and oxygen atoms in total. The van der Waals surface area contributed by atoms with Crippen molar-refractivity contribution in [2.75, 3.05) is 31.1 Å². The van der Waals surface area contributed by atoms with Crippen molar-refractivity contribution in [3.05, 3.63) is 42.7 Å². The van der Waals surface area contributed by atoms with Crippen molar-refractivity contribution < 1.29 is 9.18 Å². The molecule has 1 aromatic carbocycles. The minimum absolute atomic E-state index is 0.0243. The number of rotatable bonds is 2. The second kappa shape index (κ2) is 4.99. The van der Waals surface area contributed by atoms with Gasteiger partial charge < -0.3 is 9.80 Å². The Bertz CT molecular complexity index is 408. The van der Waals surface area contributed by atoms with Crippen LogP contribution < -0.4 is 4.90 Å². The molecule has 4 heteroatoms. The second-order valence-electron chi connectivity index (χ2n) is 3.99. The molecule has 1 fully saturated rings. The van der Waals surface area contributed by atoms with Gasteiger partial charge in [-0.25, -0.2) is 4.39 Å². The Kier molecular flexibility index (Phi) is 3.42. The molecule has 1 aromatic rings. The first kappa shape index (κ1) is 11.6. The summed E-state index contributed by atoms with van der Waals surface area (Å²) in [6.07, 6.45) is 1.34. The molecule has 1 amide bonds. The van der Waals surface area contributed by atoms with Crippen molar-refractivity contribution in [3.63, 3.8) is 0 Å². The zero-order valence-electron chi connectivity index (χ0n) is 9.60. The molecule has 90 valence electrons. The minimum Gasteiger partial charge on any atom is -0.368 e. The summed E-state index contributed by atoms with van der Waals surface area (Å²) in [6, 6.07) is 6.44. The molecule has 0 bridgehead atoms. The number of hydrogen-bond acceptors (Lipinski definition) is 2. The molecule has 0 aromatic heterocycles. The highest BCUT2D eigenvalue weighted by molar-refractivity contribution is 5.87. The Morgan fingerprint density at radius 3 is 2.29 bits per heavy atom. The molecule has 0 aliphatic carbocycles. The molecule has 0 saturated carbocycles. The van der Waals surface area contributed by atoms with Crippen LogP contribution in [0.2, 0.25) is 0 Å². The zero-order valence-corrected chi connectivity index (χ0v) is 9.60. The maximum Gasteiger partial charge on any atom is 0.246 e. The molecule has 1 saturated heterocycles. The fourth-order valence-electron chi connectivity index (χ4n) is 1.97. The number of carbonyl (C=O) groups excluding carboxylic acids is 1. The average Bonchev–Trinajstić information content (AvgIpc) is 2.39. The third kappa shape index (κ3) is 2.64. The molecule has 1 aliphatic heterocycles. The Morgan fingerprint density at radius 1 is 1.18 bits per heavy atom. The first-order chi connectivity index (χ1) is 8.20. The van der Waals surface area contributed by atoms with Gasteiger partial charge in [0.15, 0.2) is 0 Å². The lowest BCUT2D eigenvalue weighted by atomic mass is 10.2. The van der Waals surface area contributed by atoms with Crippen LogP contribution in [-0.2, 0) is 4.79 Å². The third-order valence-corrected chi connectivity index (χ3v) is 2.96. The van der Waals surface area contributed by atoms with Crippen LogP contribution in [0.5, 0.6) is 0 Å². The SMILES string of the molecule is C=CC(=O)N1CCN(c2ccc(F)cc2)CC1. The Labute approximate surface area is 100 Å². The second-order valence-corrected chi connectivity index (χ2v) is 3.99. The van der Waals surface area contributed by atoms with Crippen molar-refractivity contribution in [1.82, 2.24) is 4.90 Å². The number of anilines is 1. The van der Waals surface area contributed by atoms with Gasteiger partial charge in [0.2, 0.25) is 5.91 Å². The Morgan fingerprint density at radius 2 is 1.76 bits per heavy atom. The lowest BCUT2D eigenvalue weighted by molar-refractivity contribution is -0.126. The van der Waals surface area contributed by atoms with E-state index in [-0.39, 0.29) is 11.7 Å². The quantitative estimate of drug-likeness (QED) is 0.727. The molecule has 1 heterocycles. The molecule has 0 unspecified atom stereocenters. The molecular formula is C13H15FN2O. The van der Waals surface area contributed by atoms with Gasteiger partial charge in [0.1, 0.15) is 5.82 Å². The van der Waals surface area contributed by atoms with Gasteiger partial charge in [0.05, 0.1) is 0 Å². The number of nitrogens with zero attached hydrogens (tertiary/aromatic N) is 2. The van der Waals surface area contributed by atoms with Gasteiger partial charge >= 0.3 is 0 Å². The van der Waals surface area contributed by atoms with Gasteiger partial charge in [-0.05, 0) is 30.3 Å². The van der Waals surface area contributed by atoms with E-state index in [1.807, 2.05) is 0 Å². The summed E-state index contributed by atoms with van der Waals surface area (Å²) in [5.41, 5.74) is 0.997. The maximum absolute atomic E-state index is 12.8. The highest BCUT2D eigenvalue weighted by Gasteiger charge is 2.19. The monoisotopic (exact) mass is 234 g/mol. The van der Waals surface area contributed by atoms with Crippen molar-refractivity contribution in [2.24, 2.45) is 0 Å². The topological polar surface area (TPSA) is 23.6 Å². The van der Waals surface area contributed by atoms with Gasteiger partial charge in [0.25, 0.3) is 0 Å². The van der Waals surface area contributed by atoms with E-state index in [2.05, 4.69) is 11.5 Å².